The number of carbonyl (C=O) groups excluding carboxylic acids is 1. The van der Waals surface area contributed by atoms with Crippen LogP contribution in [-0.4, -0.2) is 10.8 Å². The van der Waals surface area contributed by atoms with Gasteiger partial charge in [-0.3, -0.25) is 4.79 Å². The van der Waals surface area contributed by atoms with Crippen molar-refractivity contribution in [3.05, 3.63) is 29.3 Å². The van der Waals surface area contributed by atoms with E-state index in [1.807, 2.05) is 23.1 Å². The van der Waals surface area contributed by atoms with Crippen LogP contribution in [0.2, 0.25) is 0 Å². The number of benzene rings is 1. The van der Waals surface area contributed by atoms with Gasteiger partial charge in [0.2, 0.25) is 5.91 Å². The summed E-state index contributed by atoms with van der Waals surface area (Å²) < 4.78 is 0. The number of hydrogen-bond donors (Lipinski definition) is 1. The highest BCUT2D eigenvalue weighted by molar-refractivity contribution is 5.79. The standard InChI is InChI=1S/C14H18N2O/c15-13-6-5-11-8-16(9-12(11)7-13)14(17)10-3-1-2-4-10/h5-7,10H,1-4,8-9,15H2. The van der Waals surface area contributed by atoms with Crippen LogP contribution >= 0.6 is 0 Å². The molecule has 2 aliphatic rings. The summed E-state index contributed by atoms with van der Waals surface area (Å²) in [7, 11) is 0. The monoisotopic (exact) mass is 230 g/mol. The van der Waals surface area contributed by atoms with E-state index < -0.39 is 0 Å². The fourth-order valence-electron chi connectivity index (χ4n) is 3.00. The van der Waals surface area contributed by atoms with Gasteiger partial charge in [-0.25, -0.2) is 0 Å². The van der Waals surface area contributed by atoms with Crippen LogP contribution in [0, 0.1) is 5.92 Å². The fraction of sp³-hybridized carbons (Fsp3) is 0.500. The van der Waals surface area contributed by atoms with Crippen molar-refractivity contribution in [2.75, 3.05) is 5.73 Å². The first kappa shape index (κ1) is 10.6. The van der Waals surface area contributed by atoms with E-state index in [1.54, 1.807) is 0 Å². The van der Waals surface area contributed by atoms with Gasteiger partial charge in [-0.15, -0.1) is 0 Å². The Hall–Kier alpha value is -1.51. The van der Waals surface area contributed by atoms with Crippen LogP contribution in [0.5, 0.6) is 0 Å². The normalized spacial score (nSPS) is 19.6. The van der Waals surface area contributed by atoms with E-state index in [-0.39, 0.29) is 5.92 Å². The second-order valence-electron chi connectivity index (χ2n) is 5.20. The largest absolute Gasteiger partial charge is 0.399 e. The van der Waals surface area contributed by atoms with Crippen molar-refractivity contribution in [1.29, 1.82) is 0 Å². The average molecular weight is 230 g/mol. The van der Waals surface area contributed by atoms with Gasteiger partial charge in [0.15, 0.2) is 0 Å². The molecule has 0 aromatic heterocycles. The van der Waals surface area contributed by atoms with Gasteiger partial charge in [0, 0.05) is 24.7 Å². The number of nitrogens with two attached hydrogens (primary N) is 1. The molecule has 2 N–H and O–H groups in total. The Balaban J connectivity index is 1.75. The predicted octanol–water partition coefficient (Wildman–Crippen LogP) is 2.30. The van der Waals surface area contributed by atoms with Gasteiger partial charge in [-0.1, -0.05) is 18.9 Å². The first-order valence-corrected chi connectivity index (χ1v) is 6.40. The first-order valence-electron chi connectivity index (χ1n) is 6.40. The fourth-order valence-corrected chi connectivity index (χ4v) is 3.00. The molecule has 17 heavy (non-hydrogen) atoms. The molecular formula is C14H18N2O. The highest BCUT2D eigenvalue weighted by Gasteiger charge is 2.30. The van der Waals surface area contributed by atoms with E-state index in [4.69, 9.17) is 5.73 Å². The minimum absolute atomic E-state index is 0.279. The zero-order valence-electron chi connectivity index (χ0n) is 9.98. The summed E-state index contributed by atoms with van der Waals surface area (Å²) in [6.45, 7) is 1.51. The van der Waals surface area contributed by atoms with Crippen LogP contribution in [0.3, 0.4) is 0 Å². The van der Waals surface area contributed by atoms with Crippen molar-refractivity contribution in [2.45, 2.75) is 38.8 Å². The summed E-state index contributed by atoms with van der Waals surface area (Å²) >= 11 is 0. The van der Waals surface area contributed by atoms with E-state index in [2.05, 4.69) is 0 Å². The van der Waals surface area contributed by atoms with Gasteiger partial charge in [0.1, 0.15) is 0 Å². The number of hydrogen-bond acceptors (Lipinski definition) is 2. The van der Waals surface area contributed by atoms with Crippen molar-refractivity contribution in [1.82, 2.24) is 4.90 Å². The maximum atomic E-state index is 12.3. The Morgan fingerprint density at radius 2 is 1.88 bits per heavy atom. The number of nitrogen functional groups attached to an aromatic ring is 1. The Morgan fingerprint density at radius 3 is 2.65 bits per heavy atom. The highest BCUT2D eigenvalue weighted by atomic mass is 16.2. The second kappa shape index (κ2) is 4.06. The Kier molecular flexibility index (Phi) is 2.54. The van der Waals surface area contributed by atoms with Crippen molar-refractivity contribution < 1.29 is 4.79 Å². The molecule has 0 saturated heterocycles. The number of nitrogens with zero attached hydrogens (tertiary/aromatic N) is 1. The molecule has 0 spiro atoms. The zero-order chi connectivity index (χ0) is 11.8. The van der Waals surface area contributed by atoms with Crippen molar-refractivity contribution in [3.63, 3.8) is 0 Å². The molecule has 0 unspecified atom stereocenters. The van der Waals surface area contributed by atoms with E-state index >= 15 is 0 Å². The quantitative estimate of drug-likeness (QED) is 0.752. The van der Waals surface area contributed by atoms with Gasteiger partial charge < -0.3 is 10.6 Å². The SMILES string of the molecule is Nc1ccc2c(c1)CN(C(=O)C1CCCC1)C2. The highest BCUT2D eigenvalue weighted by Crippen LogP contribution is 2.31. The molecule has 1 fully saturated rings. The minimum Gasteiger partial charge on any atom is -0.399 e. The van der Waals surface area contributed by atoms with Gasteiger partial charge in [0.25, 0.3) is 0 Å². The number of amides is 1. The van der Waals surface area contributed by atoms with Crippen molar-refractivity contribution in [2.24, 2.45) is 5.92 Å². The lowest BCUT2D eigenvalue weighted by atomic mass is 10.1. The average Bonchev–Trinajstić information content (AvgIpc) is 2.96. The van der Waals surface area contributed by atoms with Crippen LogP contribution < -0.4 is 5.73 Å². The van der Waals surface area contributed by atoms with Crippen LogP contribution in [0.25, 0.3) is 0 Å². The van der Waals surface area contributed by atoms with E-state index in [0.29, 0.717) is 5.91 Å². The van der Waals surface area contributed by atoms with Crippen LogP contribution in [0.1, 0.15) is 36.8 Å². The summed E-state index contributed by atoms with van der Waals surface area (Å²) in [6, 6.07) is 5.96. The lowest BCUT2D eigenvalue weighted by Gasteiger charge is -2.19. The first-order chi connectivity index (χ1) is 8.24. The molecule has 90 valence electrons. The zero-order valence-corrected chi connectivity index (χ0v) is 9.98. The summed E-state index contributed by atoms with van der Waals surface area (Å²) in [5.74, 6) is 0.624. The molecule has 1 aromatic rings. The molecule has 3 nitrogen and oxygen atoms in total. The Morgan fingerprint density at radius 1 is 1.18 bits per heavy atom. The molecule has 0 atom stereocenters. The molecule has 1 saturated carbocycles. The molecule has 3 heteroatoms. The van der Waals surface area contributed by atoms with Crippen LogP contribution in [0.4, 0.5) is 5.69 Å². The molecule has 1 aliphatic carbocycles. The molecule has 0 radical (unpaired) electrons. The van der Waals surface area contributed by atoms with Gasteiger partial charge in [0.05, 0.1) is 0 Å². The summed E-state index contributed by atoms with van der Waals surface area (Å²) in [6.07, 6.45) is 4.58. The number of fused-ring (bicyclic) bond motifs is 1. The number of anilines is 1. The number of carbonyl (C=O) groups is 1. The van der Waals surface area contributed by atoms with E-state index in [9.17, 15) is 4.79 Å². The molecule has 1 amide bonds. The lowest BCUT2D eigenvalue weighted by molar-refractivity contribution is -0.135. The van der Waals surface area contributed by atoms with E-state index in [0.717, 1.165) is 31.6 Å². The van der Waals surface area contributed by atoms with Crippen LogP contribution in [-0.2, 0) is 17.9 Å². The van der Waals surface area contributed by atoms with Gasteiger partial charge in [-0.05, 0) is 36.1 Å². The molecule has 3 rings (SSSR count). The summed E-state index contributed by atoms with van der Waals surface area (Å²) in [5.41, 5.74) is 9.04. The molecular weight excluding hydrogens is 212 g/mol. The van der Waals surface area contributed by atoms with Crippen molar-refractivity contribution in [3.8, 4) is 0 Å². The smallest absolute Gasteiger partial charge is 0.226 e. The molecule has 1 aliphatic heterocycles. The van der Waals surface area contributed by atoms with Crippen molar-refractivity contribution >= 4 is 11.6 Å². The number of rotatable bonds is 1. The Labute approximate surface area is 102 Å². The molecule has 0 bridgehead atoms. The summed E-state index contributed by atoms with van der Waals surface area (Å²) in [5, 5.41) is 0. The Bertz CT molecular complexity index is 450. The van der Waals surface area contributed by atoms with Gasteiger partial charge in [-0.2, -0.15) is 0 Å². The van der Waals surface area contributed by atoms with Gasteiger partial charge >= 0.3 is 0 Å². The van der Waals surface area contributed by atoms with Crippen LogP contribution in [0.15, 0.2) is 18.2 Å². The minimum atomic E-state index is 0.279. The predicted molar refractivity (Wildman–Crippen MR) is 67.1 cm³/mol. The molecule has 1 aromatic carbocycles. The third kappa shape index (κ3) is 1.90. The topological polar surface area (TPSA) is 46.3 Å². The van der Waals surface area contributed by atoms with E-state index in [1.165, 1.54) is 24.0 Å². The molecule has 1 heterocycles. The lowest BCUT2D eigenvalue weighted by Crippen LogP contribution is -2.30. The maximum absolute atomic E-state index is 12.3. The second-order valence-corrected chi connectivity index (χ2v) is 5.20. The third-order valence-electron chi connectivity index (χ3n) is 3.97. The maximum Gasteiger partial charge on any atom is 0.226 e. The third-order valence-corrected chi connectivity index (χ3v) is 3.97. The summed E-state index contributed by atoms with van der Waals surface area (Å²) in [4.78, 5) is 14.3.